The van der Waals surface area contributed by atoms with Crippen molar-refractivity contribution in [3.05, 3.63) is 41.1 Å². The molecule has 3 N–H and O–H groups in total. The van der Waals surface area contributed by atoms with E-state index in [1.165, 1.54) is 11.8 Å². The molecular formula is C19H26N4OS. The third-order valence-electron chi connectivity index (χ3n) is 3.82. The minimum Gasteiger partial charge on any atom is -0.384 e. The Hall–Kier alpha value is -2.08. The summed E-state index contributed by atoms with van der Waals surface area (Å²) < 4.78 is 0. The Labute approximate surface area is 153 Å². The minimum atomic E-state index is -0.0660. The number of nitrogens with zero attached hydrogens (tertiary/aromatic N) is 2. The third kappa shape index (κ3) is 5.19. The van der Waals surface area contributed by atoms with Crippen molar-refractivity contribution in [3.63, 3.8) is 0 Å². The van der Waals surface area contributed by atoms with Gasteiger partial charge in [-0.2, -0.15) is 0 Å². The summed E-state index contributed by atoms with van der Waals surface area (Å²) in [6, 6.07) is 7.91. The summed E-state index contributed by atoms with van der Waals surface area (Å²) >= 11 is 1.29. The molecule has 0 fully saturated rings. The van der Waals surface area contributed by atoms with Gasteiger partial charge in [-0.05, 0) is 29.9 Å². The zero-order chi connectivity index (χ0) is 18.6. The van der Waals surface area contributed by atoms with E-state index in [2.05, 4.69) is 61.2 Å². The summed E-state index contributed by atoms with van der Waals surface area (Å²) in [5.74, 6) is 1.27. The van der Waals surface area contributed by atoms with Gasteiger partial charge in [0.2, 0.25) is 5.91 Å². The summed E-state index contributed by atoms with van der Waals surface area (Å²) in [6.45, 7) is 10.4. The molecule has 0 atom stereocenters. The first-order valence-electron chi connectivity index (χ1n) is 8.44. The smallest absolute Gasteiger partial charge is 0.234 e. The molecule has 0 saturated heterocycles. The van der Waals surface area contributed by atoms with Gasteiger partial charge in [0, 0.05) is 17.4 Å². The van der Waals surface area contributed by atoms with E-state index in [4.69, 9.17) is 5.73 Å². The van der Waals surface area contributed by atoms with Crippen LogP contribution < -0.4 is 11.1 Å². The Balaban J connectivity index is 2.14. The van der Waals surface area contributed by atoms with E-state index in [-0.39, 0.29) is 11.7 Å². The molecule has 0 unspecified atom stereocenters. The lowest BCUT2D eigenvalue weighted by Gasteiger charge is -2.20. The molecule has 5 nitrogen and oxygen atoms in total. The van der Waals surface area contributed by atoms with Crippen molar-refractivity contribution in [2.24, 2.45) is 0 Å². The number of carbonyl (C=O) groups excluding carboxylic acids is 1. The standard InChI is InChI=1S/C19H26N4OS/c1-11(2)14-7-6-8-15(12(3)4)18(14)23-17(24)10-25-19-21-13(5)9-16(20)22-19/h6-9,11-12H,10H2,1-5H3,(H,23,24)(H2,20,21,22). The van der Waals surface area contributed by atoms with Gasteiger partial charge in [0.1, 0.15) is 5.82 Å². The molecule has 134 valence electrons. The molecule has 0 spiro atoms. The van der Waals surface area contributed by atoms with Gasteiger partial charge >= 0.3 is 0 Å². The van der Waals surface area contributed by atoms with Crippen molar-refractivity contribution in [3.8, 4) is 0 Å². The van der Waals surface area contributed by atoms with Crippen LogP contribution >= 0.6 is 11.8 Å². The zero-order valence-electron chi connectivity index (χ0n) is 15.5. The normalized spacial score (nSPS) is 11.2. The van der Waals surface area contributed by atoms with Crippen LogP contribution in [0.5, 0.6) is 0 Å². The lowest BCUT2D eigenvalue weighted by atomic mass is 9.92. The number of thioether (sulfide) groups is 1. The monoisotopic (exact) mass is 358 g/mol. The number of aromatic nitrogens is 2. The van der Waals surface area contributed by atoms with E-state index >= 15 is 0 Å². The maximum absolute atomic E-state index is 12.5. The first-order valence-corrected chi connectivity index (χ1v) is 9.43. The Bertz CT molecular complexity index is 713. The third-order valence-corrected chi connectivity index (χ3v) is 4.67. The Morgan fingerprint density at radius 1 is 1.16 bits per heavy atom. The van der Waals surface area contributed by atoms with Crippen LogP contribution in [0.25, 0.3) is 0 Å². The largest absolute Gasteiger partial charge is 0.384 e. The molecular weight excluding hydrogens is 332 g/mol. The van der Waals surface area contributed by atoms with Crippen LogP contribution in [-0.4, -0.2) is 21.6 Å². The predicted octanol–water partition coefficient (Wildman–Crippen LogP) is 4.34. The van der Waals surface area contributed by atoms with Crippen molar-refractivity contribution in [2.75, 3.05) is 16.8 Å². The SMILES string of the molecule is Cc1cc(N)nc(SCC(=O)Nc2c(C(C)C)cccc2C(C)C)n1. The summed E-state index contributed by atoms with van der Waals surface area (Å²) in [6.07, 6.45) is 0. The van der Waals surface area contributed by atoms with Gasteiger partial charge < -0.3 is 11.1 Å². The van der Waals surface area contributed by atoms with Crippen LogP contribution in [0.4, 0.5) is 11.5 Å². The summed E-state index contributed by atoms with van der Waals surface area (Å²) in [7, 11) is 0. The highest BCUT2D eigenvalue weighted by molar-refractivity contribution is 7.99. The molecule has 0 bridgehead atoms. The molecule has 0 aliphatic rings. The van der Waals surface area contributed by atoms with Crippen molar-refractivity contribution < 1.29 is 4.79 Å². The number of anilines is 2. The molecule has 0 aliphatic carbocycles. The average Bonchev–Trinajstić information content (AvgIpc) is 2.51. The van der Waals surface area contributed by atoms with Gasteiger partial charge in [-0.25, -0.2) is 9.97 Å². The van der Waals surface area contributed by atoms with Gasteiger partial charge in [-0.1, -0.05) is 57.7 Å². The van der Waals surface area contributed by atoms with Gasteiger partial charge in [0.15, 0.2) is 5.16 Å². The average molecular weight is 359 g/mol. The number of nitrogen functional groups attached to an aromatic ring is 1. The Morgan fingerprint density at radius 3 is 2.28 bits per heavy atom. The second kappa shape index (κ2) is 8.34. The topological polar surface area (TPSA) is 80.9 Å². The number of para-hydroxylation sites is 1. The number of amides is 1. The maximum Gasteiger partial charge on any atom is 0.234 e. The summed E-state index contributed by atoms with van der Waals surface area (Å²) in [5, 5.41) is 3.62. The highest BCUT2D eigenvalue weighted by Crippen LogP contribution is 2.32. The molecule has 25 heavy (non-hydrogen) atoms. The molecule has 1 aromatic heterocycles. The van der Waals surface area contributed by atoms with E-state index in [0.717, 1.165) is 22.5 Å². The molecule has 0 radical (unpaired) electrons. The van der Waals surface area contributed by atoms with Crippen LogP contribution in [0.3, 0.4) is 0 Å². The van der Waals surface area contributed by atoms with E-state index in [9.17, 15) is 4.79 Å². The number of hydrogen-bond donors (Lipinski definition) is 2. The number of aryl methyl sites for hydroxylation is 1. The van der Waals surface area contributed by atoms with Crippen molar-refractivity contribution in [1.82, 2.24) is 9.97 Å². The quantitative estimate of drug-likeness (QED) is 0.593. The lowest BCUT2D eigenvalue weighted by Crippen LogP contribution is -2.18. The highest BCUT2D eigenvalue weighted by Gasteiger charge is 2.16. The van der Waals surface area contributed by atoms with Crippen molar-refractivity contribution in [2.45, 2.75) is 51.6 Å². The number of nitrogens with two attached hydrogens (primary N) is 1. The fourth-order valence-corrected chi connectivity index (χ4v) is 3.34. The maximum atomic E-state index is 12.5. The van der Waals surface area contributed by atoms with E-state index < -0.39 is 0 Å². The first-order chi connectivity index (χ1) is 11.8. The fraction of sp³-hybridized carbons (Fsp3) is 0.421. The number of benzene rings is 1. The Morgan fingerprint density at radius 2 is 1.76 bits per heavy atom. The fourth-order valence-electron chi connectivity index (χ4n) is 2.63. The van der Waals surface area contributed by atoms with Crippen molar-refractivity contribution >= 4 is 29.2 Å². The van der Waals surface area contributed by atoms with Crippen LogP contribution in [0.15, 0.2) is 29.4 Å². The molecule has 2 rings (SSSR count). The number of nitrogens with one attached hydrogen (secondary N) is 1. The molecule has 1 heterocycles. The van der Waals surface area contributed by atoms with E-state index in [1.54, 1.807) is 6.07 Å². The second-order valence-corrected chi connectivity index (χ2v) is 7.62. The van der Waals surface area contributed by atoms with Gasteiger partial charge in [0.25, 0.3) is 0 Å². The number of hydrogen-bond acceptors (Lipinski definition) is 5. The van der Waals surface area contributed by atoms with Gasteiger partial charge in [0.05, 0.1) is 5.75 Å². The first kappa shape index (κ1) is 19.2. The van der Waals surface area contributed by atoms with Crippen molar-refractivity contribution in [1.29, 1.82) is 0 Å². The van der Waals surface area contributed by atoms with Crippen LogP contribution in [0, 0.1) is 6.92 Å². The van der Waals surface area contributed by atoms with Gasteiger partial charge in [-0.3, -0.25) is 4.79 Å². The Kier molecular flexibility index (Phi) is 6.42. The van der Waals surface area contributed by atoms with Crippen LogP contribution in [0.2, 0.25) is 0 Å². The van der Waals surface area contributed by atoms with Gasteiger partial charge in [-0.15, -0.1) is 0 Å². The zero-order valence-corrected chi connectivity index (χ0v) is 16.3. The predicted molar refractivity (Wildman–Crippen MR) is 105 cm³/mol. The molecule has 0 aliphatic heterocycles. The van der Waals surface area contributed by atoms with Crippen LogP contribution in [-0.2, 0) is 4.79 Å². The van der Waals surface area contributed by atoms with E-state index in [1.807, 2.05) is 6.92 Å². The molecule has 1 amide bonds. The molecule has 0 saturated carbocycles. The molecule has 6 heteroatoms. The minimum absolute atomic E-state index is 0.0660. The number of rotatable bonds is 6. The van der Waals surface area contributed by atoms with Crippen LogP contribution in [0.1, 0.15) is 56.4 Å². The highest BCUT2D eigenvalue weighted by atomic mass is 32.2. The molecule has 1 aromatic carbocycles. The summed E-state index contributed by atoms with van der Waals surface area (Å²) in [5.41, 5.74) is 9.76. The lowest BCUT2D eigenvalue weighted by molar-refractivity contribution is -0.113. The second-order valence-electron chi connectivity index (χ2n) is 6.67. The molecule has 2 aromatic rings. The van der Waals surface area contributed by atoms with E-state index in [0.29, 0.717) is 22.8 Å². The number of carbonyl (C=O) groups is 1. The summed E-state index contributed by atoms with van der Waals surface area (Å²) in [4.78, 5) is 20.9.